The summed E-state index contributed by atoms with van der Waals surface area (Å²) >= 11 is 0. The number of amides is 2. The molecule has 1 N–H and O–H groups in total. The van der Waals surface area contributed by atoms with Crippen LogP contribution in [0.5, 0.6) is 0 Å². The van der Waals surface area contributed by atoms with E-state index < -0.39 is 0 Å². The van der Waals surface area contributed by atoms with E-state index in [9.17, 15) is 4.79 Å². The molecule has 0 unspecified atom stereocenters. The van der Waals surface area contributed by atoms with Gasteiger partial charge in [-0.05, 0) is 39.0 Å². The predicted molar refractivity (Wildman–Crippen MR) is 86.5 cm³/mol. The van der Waals surface area contributed by atoms with Crippen LogP contribution in [-0.2, 0) is 13.0 Å². The Kier molecular flexibility index (Phi) is 3.95. The largest absolute Gasteiger partial charge is 0.338 e. The summed E-state index contributed by atoms with van der Waals surface area (Å²) in [5.74, 6) is 2.35. The molecule has 4 rings (SSSR count). The monoisotopic (exact) mass is 330 g/mol. The fraction of sp³-hybridized carbons (Fsp3) is 0.625. The molecule has 0 aliphatic carbocycles. The topological polar surface area (TPSA) is 89.1 Å². The summed E-state index contributed by atoms with van der Waals surface area (Å²) in [6.45, 7) is 3.49. The lowest BCUT2D eigenvalue weighted by Crippen LogP contribution is -2.42. The zero-order valence-electron chi connectivity index (χ0n) is 13.9. The number of aromatic nitrogens is 4. The molecule has 1 atom stereocenters. The Morgan fingerprint density at radius 1 is 1.25 bits per heavy atom. The second-order valence-corrected chi connectivity index (χ2v) is 6.55. The average molecular weight is 330 g/mol. The van der Waals surface area contributed by atoms with Crippen LogP contribution in [0, 0.1) is 6.92 Å². The summed E-state index contributed by atoms with van der Waals surface area (Å²) in [5.41, 5.74) is 0.743. The summed E-state index contributed by atoms with van der Waals surface area (Å²) in [6.07, 6.45) is 6.30. The normalized spacial score (nSPS) is 20.7. The molecule has 0 saturated carbocycles. The number of nitrogens with one attached hydrogen (secondary N) is 1. The lowest BCUT2D eigenvalue weighted by molar-refractivity contribution is 0.156. The van der Waals surface area contributed by atoms with Crippen molar-refractivity contribution in [2.75, 3.05) is 11.9 Å². The van der Waals surface area contributed by atoms with Crippen LogP contribution in [0.15, 0.2) is 10.6 Å². The third-order valence-electron chi connectivity index (χ3n) is 4.81. The highest BCUT2D eigenvalue weighted by atomic mass is 16.5. The minimum atomic E-state index is -0.163. The Bertz CT molecular complexity index is 737. The first kappa shape index (κ1) is 15.2. The second kappa shape index (κ2) is 6.26. The minimum absolute atomic E-state index is 0.0258. The van der Waals surface area contributed by atoms with E-state index >= 15 is 0 Å². The van der Waals surface area contributed by atoms with Crippen LogP contribution >= 0.6 is 0 Å². The number of fused-ring (bicyclic) bond motifs is 1. The van der Waals surface area contributed by atoms with Crippen molar-refractivity contribution in [2.45, 2.75) is 58.0 Å². The van der Waals surface area contributed by atoms with Crippen molar-refractivity contribution in [1.82, 2.24) is 24.8 Å². The van der Waals surface area contributed by atoms with E-state index in [1.165, 1.54) is 0 Å². The SMILES string of the molecule is Cc1cc(NC(=O)N2CCCC[C@@H]2c2nnc3n2CCCC3)on1. The smallest absolute Gasteiger partial charge is 0.324 e. The molecular weight excluding hydrogens is 308 g/mol. The molecule has 1 fully saturated rings. The second-order valence-electron chi connectivity index (χ2n) is 6.55. The first-order chi connectivity index (χ1) is 11.7. The molecule has 1 saturated heterocycles. The number of piperidine rings is 1. The van der Waals surface area contributed by atoms with Crippen LogP contribution < -0.4 is 5.32 Å². The molecule has 4 heterocycles. The number of urea groups is 1. The van der Waals surface area contributed by atoms with Crippen molar-refractivity contribution in [3.63, 3.8) is 0 Å². The van der Waals surface area contributed by atoms with Gasteiger partial charge in [0.25, 0.3) is 0 Å². The number of rotatable bonds is 2. The molecule has 8 heteroatoms. The van der Waals surface area contributed by atoms with E-state index in [4.69, 9.17) is 4.52 Å². The van der Waals surface area contributed by atoms with Crippen LogP contribution in [0.2, 0.25) is 0 Å². The van der Waals surface area contributed by atoms with Gasteiger partial charge in [-0.15, -0.1) is 10.2 Å². The van der Waals surface area contributed by atoms with E-state index in [2.05, 4.69) is 25.2 Å². The van der Waals surface area contributed by atoms with E-state index in [1.54, 1.807) is 6.07 Å². The van der Waals surface area contributed by atoms with E-state index in [-0.39, 0.29) is 12.1 Å². The number of carbonyl (C=O) groups is 1. The number of hydrogen-bond acceptors (Lipinski definition) is 5. The van der Waals surface area contributed by atoms with Crippen LogP contribution in [0.4, 0.5) is 10.7 Å². The zero-order valence-corrected chi connectivity index (χ0v) is 13.9. The van der Waals surface area contributed by atoms with E-state index in [0.717, 1.165) is 62.4 Å². The van der Waals surface area contributed by atoms with Gasteiger partial charge in [0.1, 0.15) is 5.82 Å². The lowest BCUT2D eigenvalue weighted by atomic mass is 10.0. The molecule has 0 aromatic carbocycles. The third kappa shape index (κ3) is 2.76. The summed E-state index contributed by atoms with van der Waals surface area (Å²) in [5, 5.41) is 15.4. The van der Waals surface area contributed by atoms with Crippen molar-refractivity contribution in [2.24, 2.45) is 0 Å². The van der Waals surface area contributed by atoms with Crippen LogP contribution in [0.25, 0.3) is 0 Å². The van der Waals surface area contributed by atoms with Crippen molar-refractivity contribution in [3.05, 3.63) is 23.4 Å². The van der Waals surface area contributed by atoms with Gasteiger partial charge >= 0.3 is 6.03 Å². The molecule has 128 valence electrons. The molecule has 2 amide bonds. The predicted octanol–water partition coefficient (Wildman–Crippen LogP) is 2.67. The number of anilines is 1. The van der Waals surface area contributed by atoms with Gasteiger partial charge < -0.3 is 14.0 Å². The number of hydrogen-bond donors (Lipinski definition) is 1. The maximum atomic E-state index is 12.7. The standard InChI is InChI=1S/C16H22N6O2/c1-11-10-14(24-20-11)17-16(23)21-8-4-2-6-12(21)15-19-18-13-7-3-5-9-22(13)15/h10,12H,2-9H2,1H3,(H,17,23)/t12-/m1/s1. The molecule has 0 radical (unpaired) electrons. The first-order valence-electron chi connectivity index (χ1n) is 8.65. The van der Waals surface area contributed by atoms with Gasteiger partial charge in [-0.2, -0.15) is 0 Å². The Morgan fingerprint density at radius 3 is 2.96 bits per heavy atom. The number of likely N-dealkylation sites (tertiary alicyclic amines) is 1. The first-order valence-corrected chi connectivity index (χ1v) is 8.65. The van der Waals surface area contributed by atoms with Crippen LogP contribution in [0.3, 0.4) is 0 Å². The highest BCUT2D eigenvalue weighted by Gasteiger charge is 2.33. The number of nitrogens with zero attached hydrogens (tertiary/aromatic N) is 5. The molecule has 2 aromatic heterocycles. The Morgan fingerprint density at radius 2 is 2.12 bits per heavy atom. The highest BCUT2D eigenvalue weighted by molar-refractivity contribution is 5.88. The van der Waals surface area contributed by atoms with Crippen molar-refractivity contribution < 1.29 is 9.32 Å². The summed E-state index contributed by atoms with van der Waals surface area (Å²) in [4.78, 5) is 14.6. The lowest BCUT2D eigenvalue weighted by Gasteiger charge is -2.35. The van der Waals surface area contributed by atoms with Crippen molar-refractivity contribution in [3.8, 4) is 0 Å². The summed E-state index contributed by atoms with van der Waals surface area (Å²) < 4.78 is 7.31. The zero-order chi connectivity index (χ0) is 16.5. The Labute approximate surface area is 140 Å². The molecular formula is C16H22N6O2. The van der Waals surface area contributed by atoms with Crippen LogP contribution in [0.1, 0.15) is 55.5 Å². The fourth-order valence-corrected chi connectivity index (χ4v) is 3.62. The van der Waals surface area contributed by atoms with Gasteiger partial charge in [0.05, 0.1) is 11.7 Å². The maximum absolute atomic E-state index is 12.7. The molecule has 0 bridgehead atoms. The fourth-order valence-electron chi connectivity index (χ4n) is 3.62. The summed E-state index contributed by atoms with van der Waals surface area (Å²) in [7, 11) is 0. The third-order valence-corrected chi connectivity index (χ3v) is 4.81. The van der Waals surface area contributed by atoms with Crippen LogP contribution in [-0.4, -0.2) is 37.4 Å². The molecule has 2 aliphatic rings. The Hall–Kier alpha value is -2.38. The average Bonchev–Trinajstić information content (AvgIpc) is 3.21. The maximum Gasteiger partial charge on any atom is 0.324 e. The summed E-state index contributed by atoms with van der Waals surface area (Å²) in [6, 6.07) is 1.53. The Balaban J connectivity index is 1.56. The van der Waals surface area contributed by atoms with Crippen molar-refractivity contribution in [1.29, 1.82) is 0 Å². The van der Waals surface area contributed by atoms with Gasteiger partial charge in [-0.1, -0.05) is 5.16 Å². The minimum Gasteiger partial charge on any atom is -0.338 e. The molecule has 2 aromatic rings. The highest BCUT2D eigenvalue weighted by Crippen LogP contribution is 2.32. The van der Waals surface area contributed by atoms with E-state index in [1.807, 2.05) is 11.8 Å². The van der Waals surface area contributed by atoms with Gasteiger partial charge in [0, 0.05) is 25.6 Å². The van der Waals surface area contributed by atoms with Gasteiger partial charge in [-0.25, -0.2) is 4.79 Å². The molecule has 24 heavy (non-hydrogen) atoms. The quantitative estimate of drug-likeness (QED) is 0.914. The number of carbonyl (C=O) groups excluding carboxylic acids is 1. The van der Waals surface area contributed by atoms with E-state index in [0.29, 0.717) is 12.4 Å². The molecule has 8 nitrogen and oxygen atoms in total. The molecule has 0 spiro atoms. The van der Waals surface area contributed by atoms with Gasteiger partial charge in [-0.3, -0.25) is 5.32 Å². The van der Waals surface area contributed by atoms with Crippen molar-refractivity contribution >= 4 is 11.9 Å². The van der Waals surface area contributed by atoms with Gasteiger partial charge in [0.2, 0.25) is 5.88 Å². The van der Waals surface area contributed by atoms with Gasteiger partial charge in [0.15, 0.2) is 5.82 Å². The number of aryl methyl sites for hydroxylation is 2. The molecule has 2 aliphatic heterocycles.